The third kappa shape index (κ3) is 9.77. The minimum Gasteiger partial charge on any atom is -0.444 e. The molecule has 16 heteroatoms. The van der Waals surface area contributed by atoms with Crippen LogP contribution in [0, 0.1) is 17.2 Å². The Morgan fingerprint density at radius 2 is 1.52 bits per heavy atom. The molecule has 3 aromatic rings. The fraction of sp³-hybridized carbons (Fsp3) is 0.521. The Balaban J connectivity index is 0.788. The first-order valence-electron chi connectivity index (χ1n) is 22.8. The molecule has 2 aromatic carbocycles. The molecule has 5 aliphatic rings. The van der Waals surface area contributed by atoms with Gasteiger partial charge in [-0.3, -0.25) is 45.0 Å². The first-order chi connectivity index (χ1) is 30.5. The van der Waals surface area contributed by atoms with Gasteiger partial charge in [0, 0.05) is 92.2 Å². The number of nitrogen functional groups attached to an aromatic ring is 1. The van der Waals surface area contributed by atoms with Crippen molar-refractivity contribution in [2.75, 3.05) is 73.2 Å². The molecule has 6 heterocycles. The minimum absolute atomic E-state index is 0.0974. The van der Waals surface area contributed by atoms with Gasteiger partial charge in [-0.05, 0) is 140 Å². The largest absolute Gasteiger partial charge is 0.444 e. The van der Waals surface area contributed by atoms with Crippen LogP contribution in [0.15, 0.2) is 54.7 Å². The van der Waals surface area contributed by atoms with Crippen LogP contribution in [0.3, 0.4) is 0 Å². The van der Waals surface area contributed by atoms with Crippen LogP contribution in [-0.4, -0.2) is 131 Å². The molecular weight excluding hydrogens is 813 g/mol. The van der Waals surface area contributed by atoms with E-state index in [1.54, 1.807) is 57.3 Å². The zero-order chi connectivity index (χ0) is 45.4. The van der Waals surface area contributed by atoms with Gasteiger partial charge in [0.25, 0.3) is 11.8 Å². The van der Waals surface area contributed by atoms with Crippen LogP contribution in [0.4, 0.5) is 27.7 Å². The number of piperidine rings is 3. The van der Waals surface area contributed by atoms with Gasteiger partial charge in [0.15, 0.2) is 0 Å². The summed E-state index contributed by atoms with van der Waals surface area (Å²) >= 11 is 0. The fourth-order valence-electron chi connectivity index (χ4n) is 10.1. The van der Waals surface area contributed by atoms with Gasteiger partial charge < -0.3 is 25.2 Å². The van der Waals surface area contributed by atoms with Crippen LogP contribution in [-0.2, 0) is 14.3 Å². The number of ether oxygens (including phenoxy) is 1. The maximum absolute atomic E-state index is 13.4. The van der Waals surface area contributed by atoms with Crippen LogP contribution < -0.4 is 26.2 Å². The molecule has 8 rings (SSSR count). The number of aromatic nitrogens is 1. The van der Waals surface area contributed by atoms with Crippen LogP contribution in [0.1, 0.15) is 105 Å². The molecule has 4 fully saturated rings. The van der Waals surface area contributed by atoms with Gasteiger partial charge in [0.2, 0.25) is 11.8 Å². The Labute approximate surface area is 375 Å². The number of nitrogens with two attached hydrogens (primary N) is 1. The molecule has 0 bridgehead atoms. The maximum atomic E-state index is 13.4. The Morgan fingerprint density at radius 1 is 0.844 bits per heavy atom. The molecule has 340 valence electrons. The van der Waals surface area contributed by atoms with E-state index in [1.165, 1.54) is 12.8 Å². The number of likely N-dealkylation sites (tertiary alicyclic amines) is 1. The molecular formula is C48H62N10O6. The predicted octanol–water partition coefficient (Wildman–Crippen LogP) is 5.36. The first kappa shape index (κ1) is 44.7. The molecule has 0 aliphatic carbocycles. The van der Waals surface area contributed by atoms with Crippen molar-refractivity contribution in [3.8, 4) is 0 Å². The second-order valence-corrected chi connectivity index (χ2v) is 19.4. The lowest BCUT2D eigenvalue weighted by Gasteiger charge is -2.47. The molecule has 1 aromatic heterocycles. The number of fused-ring (bicyclic) bond motifs is 1. The summed E-state index contributed by atoms with van der Waals surface area (Å²) in [5.74, 6) is 0.138. The quantitative estimate of drug-likeness (QED) is 0.116. The van der Waals surface area contributed by atoms with Gasteiger partial charge >= 0.3 is 6.09 Å². The van der Waals surface area contributed by atoms with Crippen molar-refractivity contribution in [3.63, 3.8) is 0 Å². The number of anilines is 4. The summed E-state index contributed by atoms with van der Waals surface area (Å²) in [6.45, 7) is 17.8. The number of hydrogen-bond donors (Lipinski definition) is 4. The van der Waals surface area contributed by atoms with Gasteiger partial charge in [0.05, 0.1) is 16.8 Å². The van der Waals surface area contributed by atoms with Crippen LogP contribution in [0.25, 0.3) is 0 Å². The molecule has 0 saturated carbocycles. The van der Waals surface area contributed by atoms with Gasteiger partial charge in [-0.25, -0.2) is 9.78 Å². The number of nitrogens with one attached hydrogen (secondary N) is 3. The van der Waals surface area contributed by atoms with Crippen LogP contribution >= 0.6 is 0 Å². The summed E-state index contributed by atoms with van der Waals surface area (Å²) in [6.07, 6.45) is 5.89. The van der Waals surface area contributed by atoms with E-state index in [0.29, 0.717) is 57.5 Å². The van der Waals surface area contributed by atoms with E-state index in [0.717, 1.165) is 81.6 Å². The van der Waals surface area contributed by atoms with Crippen molar-refractivity contribution in [1.82, 2.24) is 25.0 Å². The summed E-state index contributed by atoms with van der Waals surface area (Å²) in [5, 5.41) is 14.1. The zero-order valence-electron chi connectivity index (χ0n) is 37.7. The summed E-state index contributed by atoms with van der Waals surface area (Å²) in [7, 11) is 0. The van der Waals surface area contributed by atoms with Crippen molar-refractivity contribution in [1.29, 1.82) is 5.41 Å². The topological polar surface area (TPSA) is 198 Å². The van der Waals surface area contributed by atoms with Gasteiger partial charge in [-0.1, -0.05) is 0 Å². The molecule has 4 saturated heterocycles. The third-order valence-electron chi connectivity index (χ3n) is 13.5. The molecule has 64 heavy (non-hydrogen) atoms. The predicted molar refractivity (Wildman–Crippen MR) is 246 cm³/mol. The first-order valence-corrected chi connectivity index (χ1v) is 22.8. The number of rotatable bonds is 10. The van der Waals surface area contributed by atoms with E-state index >= 15 is 0 Å². The summed E-state index contributed by atoms with van der Waals surface area (Å²) in [6, 6.07) is 14.0. The van der Waals surface area contributed by atoms with Crippen molar-refractivity contribution in [2.45, 2.75) is 96.9 Å². The Hall–Kier alpha value is -5.87. The minimum atomic E-state index is -0.966. The molecule has 3 atom stereocenters. The average molecular weight is 875 g/mol. The summed E-state index contributed by atoms with van der Waals surface area (Å²) in [4.78, 5) is 78.8. The van der Waals surface area contributed by atoms with Crippen molar-refractivity contribution in [2.24, 2.45) is 11.8 Å². The van der Waals surface area contributed by atoms with E-state index in [-0.39, 0.29) is 24.5 Å². The third-order valence-corrected chi connectivity index (χ3v) is 13.5. The Kier molecular flexibility index (Phi) is 12.8. The van der Waals surface area contributed by atoms with E-state index in [1.807, 2.05) is 18.2 Å². The SMILES string of the molecule is CC1CN(c2cc(C(=N)c3cc(NC(=O)OC(C)(C)C)ccc3N)ccn2)CC(C)N1CC1CCN(CC2CCN(c3ccc4c(c3)C(=O)N(C3CCC(=O)NC3=O)C4=O)CC2)CC1. The highest BCUT2D eigenvalue weighted by Crippen LogP contribution is 2.34. The van der Waals surface area contributed by atoms with Crippen molar-refractivity contribution in [3.05, 3.63) is 77.0 Å². The van der Waals surface area contributed by atoms with E-state index in [2.05, 4.69) is 44.1 Å². The highest BCUT2D eigenvalue weighted by Gasteiger charge is 2.45. The fourth-order valence-corrected chi connectivity index (χ4v) is 10.1. The van der Waals surface area contributed by atoms with Crippen LogP contribution in [0.5, 0.6) is 0 Å². The lowest BCUT2D eigenvalue weighted by molar-refractivity contribution is -0.136. The number of piperazine rings is 1. The molecule has 5 amide bonds. The smallest absolute Gasteiger partial charge is 0.412 e. The lowest BCUT2D eigenvalue weighted by Crippen LogP contribution is -2.58. The second-order valence-electron chi connectivity index (χ2n) is 19.4. The highest BCUT2D eigenvalue weighted by molar-refractivity contribution is 6.23. The molecule has 3 unspecified atom stereocenters. The average Bonchev–Trinajstić information content (AvgIpc) is 3.50. The standard InChI is InChI=1S/C48H62N10O6/c1-29-25-56(41-22-33(12-17-51-41)43(50)38-23-34(6-9-39(38)49)52-47(63)64-48(3,4)5)26-30(2)57(29)28-32-13-18-54(19-14-32)27-31-15-20-55(21-16-31)35-7-8-36-37(24-35)46(62)58(45(36)61)40-10-11-42(59)53-44(40)60/h6-9,12,17,22-24,29-32,40,50H,10-11,13-16,18-21,25-28,49H2,1-5H3,(H,52,63)(H,53,59,60). The molecule has 5 aliphatic heterocycles. The maximum Gasteiger partial charge on any atom is 0.412 e. The van der Waals surface area contributed by atoms with Crippen molar-refractivity contribution >= 4 is 58.3 Å². The highest BCUT2D eigenvalue weighted by atomic mass is 16.6. The van der Waals surface area contributed by atoms with E-state index < -0.39 is 35.5 Å². The normalized spacial score (nSPS) is 23.0. The number of imide groups is 2. The number of hydrogen-bond acceptors (Lipinski definition) is 13. The Morgan fingerprint density at radius 3 is 2.20 bits per heavy atom. The van der Waals surface area contributed by atoms with Gasteiger partial charge in [-0.2, -0.15) is 0 Å². The summed E-state index contributed by atoms with van der Waals surface area (Å²) < 4.78 is 5.40. The second kappa shape index (κ2) is 18.3. The monoisotopic (exact) mass is 874 g/mol. The number of nitrogens with zero attached hydrogens (tertiary/aromatic N) is 6. The van der Waals surface area contributed by atoms with E-state index in [9.17, 15) is 24.0 Å². The number of pyridine rings is 1. The van der Waals surface area contributed by atoms with E-state index in [4.69, 9.17) is 20.9 Å². The zero-order valence-corrected chi connectivity index (χ0v) is 37.7. The number of carbonyl (C=O) groups is 5. The Bertz CT molecular complexity index is 2300. The van der Waals surface area contributed by atoms with Crippen molar-refractivity contribution < 1.29 is 28.7 Å². The molecule has 16 nitrogen and oxygen atoms in total. The number of benzene rings is 2. The van der Waals surface area contributed by atoms with Crippen LogP contribution in [0.2, 0.25) is 0 Å². The molecule has 0 spiro atoms. The van der Waals surface area contributed by atoms with Gasteiger partial charge in [0.1, 0.15) is 17.5 Å². The molecule has 0 radical (unpaired) electrons. The molecule has 5 N–H and O–H groups in total. The number of amides is 5. The summed E-state index contributed by atoms with van der Waals surface area (Å²) in [5.41, 5.74) is 9.65. The van der Waals surface area contributed by atoms with Gasteiger partial charge in [-0.15, -0.1) is 0 Å². The lowest BCUT2D eigenvalue weighted by atomic mass is 9.91. The number of carbonyl (C=O) groups excluding carboxylic acids is 5.